The van der Waals surface area contributed by atoms with E-state index < -0.39 is 35.5 Å². The fraction of sp³-hybridized carbons (Fsp3) is 0.406. The molecular weight excluding hydrogens is 498 g/mol. The van der Waals surface area contributed by atoms with E-state index >= 15 is 0 Å². The summed E-state index contributed by atoms with van der Waals surface area (Å²) in [5.41, 5.74) is 4.11. The molecule has 39 heavy (non-hydrogen) atoms. The number of carbonyl (C=O) groups is 1. The van der Waals surface area contributed by atoms with Crippen LogP contribution in [0.25, 0.3) is 11.1 Å². The van der Waals surface area contributed by atoms with E-state index in [0.717, 1.165) is 29.2 Å². The highest BCUT2D eigenvalue weighted by atomic mass is 19.1. The van der Waals surface area contributed by atoms with E-state index in [0.29, 0.717) is 18.0 Å². The minimum Gasteiger partial charge on any atom is -0.444 e. The van der Waals surface area contributed by atoms with Crippen molar-refractivity contribution in [3.63, 3.8) is 0 Å². The molecule has 0 radical (unpaired) electrons. The zero-order valence-electron chi connectivity index (χ0n) is 23.4. The van der Waals surface area contributed by atoms with Crippen molar-refractivity contribution < 1.29 is 23.4 Å². The quantitative estimate of drug-likeness (QED) is 0.264. The van der Waals surface area contributed by atoms with Crippen molar-refractivity contribution in [2.45, 2.75) is 71.8 Å². The fourth-order valence-electron chi connectivity index (χ4n) is 4.51. The number of hydrogen-bond acceptors (Lipinski definition) is 4. The number of ether oxygens (including phenoxy) is 1. The molecule has 1 amide bonds. The molecule has 0 aliphatic rings. The SMILES string of the molecule is CC(C)Cc1ccc(-c2ccccc2)c(CNC[C@@H](O)C(Cc2cc(F)cc(F)c2)NC(=O)OC(C)(C)C)c1. The molecular formula is C32H40F2N2O3. The Morgan fingerprint density at radius 3 is 2.21 bits per heavy atom. The third-order valence-corrected chi connectivity index (χ3v) is 6.11. The average Bonchev–Trinajstić information content (AvgIpc) is 2.82. The first-order valence-corrected chi connectivity index (χ1v) is 13.4. The normalized spacial score (nSPS) is 13.3. The van der Waals surface area contributed by atoms with E-state index in [1.165, 1.54) is 17.7 Å². The molecule has 3 aromatic rings. The van der Waals surface area contributed by atoms with Gasteiger partial charge in [-0.1, -0.05) is 62.4 Å². The lowest BCUT2D eigenvalue weighted by atomic mass is 9.94. The minimum absolute atomic E-state index is 0.0237. The van der Waals surface area contributed by atoms with Gasteiger partial charge in [0.25, 0.3) is 0 Å². The molecule has 0 aromatic heterocycles. The number of nitrogens with one attached hydrogen (secondary N) is 2. The van der Waals surface area contributed by atoms with Gasteiger partial charge in [-0.25, -0.2) is 13.6 Å². The van der Waals surface area contributed by atoms with E-state index in [4.69, 9.17) is 4.74 Å². The maximum atomic E-state index is 13.8. The van der Waals surface area contributed by atoms with Gasteiger partial charge in [0.2, 0.25) is 0 Å². The van der Waals surface area contributed by atoms with Gasteiger partial charge in [-0.15, -0.1) is 0 Å². The lowest BCUT2D eigenvalue weighted by Crippen LogP contribution is -2.50. The first-order chi connectivity index (χ1) is 18.4. The number of aliphatic hydroxyl groups is 1. The summed E-state index contributed by atoms with van der Waals surface area (Å²) >= 11 is 0. The van der Waals surface area contributed by atoms with Crippen LogP contribution in [0.2, 0.25) is 0 Å². The van der Waals surface area contributed by atoms with E-state index in [1.807, 2.05) is 18.2 Å². The van der Waals surface area contributed by atoms with Crippen LogP contribution in [0, 0.1) is 17.6 Å². The molecule has 3 rings (SSSR count). The second-order valence-electron chi connectivity index (χ2n) is 11.4. The smallest absolute Gasteiger partial charge is 0.407 e. The first-order valence-electron chi connectivity index (χ1n) is 13.4. The molecule has 0 aliphatic carbocycles. The van der Waals surface area contributed by atoms with Gasteiger partial charge in [-0.05, 0) is 79.5 Å². The number of alkyl carbamates (subject to hydrolysis) is 1. The molecule has 0 saturated carbocycles. The standard InChI is InChI=1S/C32H40F2N2O3/c1-21(2)13-22-11-12-28(24-9-7-6-8-10-24)25(14-22)19-35-20-30(37)29(36-31(38)39-32(3,4)5)17-23-15-26(33)18-27(34)16-23/h6-12,14-16,18,21,29-30,35,37H,13,17,19-20H2,1-5H3,(H,36,38)/t29?,30-/m1/s1. The van der Waals surface area contributed by atoms with Crippen LogP contribution in [0.15, 0.2) is 66.7 Å². The highest BCUT2D eigenvalue weighted by Gasteiger charge is 2.25. The van der Waals surface area contributed by atoms with Crippen LogP contribution < -0.4 is 10.6 Å². The molecule has 0 spiro atoms. The Bertz CT molecular complexity index is 1210. The molecule has 3 aromatic carbocycles. The van der Waals surface area contributed by atoms with Crippen LogP contribution >= 0.6 is 0 Å². The second kappa shape index (κ2) is 13.7. The summed E-state index contributed by atoms with van der Waals surface area (Å²) in [5, 5.41) is 17.1. The molecule has 0 bridgehead atoms. The second-order valence-corrected chi connectivity index (χ2v) is 11.4. The van der Waals surface area contributed by atoms with Crippen LogP contribution in [-0.2, 0) is 24.1 Å². The number of halogens is 2. The Labute approximate surface area is 230 Å². The van der Waals surface area contributed by atoms with E-state index in [9.17, 15) is 18.7 Å². The largest absolute Gasteiger partial charge is 0.444 e. The van der Waals surface area contributed by atoms with E-state index in [1.54, 1.807) is 20.8 Å². The van der Waals surface area contributed by atoms with Crippen molar-refractivity contribution in [3.8, 4) is 11.1 Å². The topological polar surface area (TPSA) is 70.6 Å². The number of benzene rings is 3. The van der Waals surface area contributed by atoms with Gasteiger partial charge in [0, 0.05) is 19.2 Å². The van der Waals surface area contributed by atoms with Crippen molar-refractivity contribution in [2.75, 3.05) is 6.54 Å². The van der Waals surface area contributed by atoms with Crippen molar-refractivity contribution in [2.24, 2.45) is 5.92 Å². The Morgan fingerprint density at radius 1 is 0.923 bits per heavy atom. The number of hydrogen-bond donors (Lipinski definition) is 3. The number of carbonyl (C=O) groups excluding carboxylic acids is 1. The molecule has 7 heteroatoms. The zero-order chi connectivity index (χ0) is 28.6. The number of amides is 1. The van der Waals surface area contributed by atoms with Gasteiger partial charge in [0.05, 0.1) is 12.1 Å². The number of aliphatic hydroxyl groups excluding tert-OH is 1. The first kappa shape index (κ1) is 30.3. The zero-order valence-corrected chi connectivity index (χ0v) is 23.4. The Hall–Kier alpha value is -3.29. The summed E-state index contributed by atoms with van der Waals surface area (Å²) in [6.07, 6.45) is -0.786. The lowest BCUT2D eigenvalue weighted by molar-refractivity contribution is 0.0422. The predicted octanol–water partition coefficient (Wildman–Crippen LogP) is 6.42. The van der Waals surface area contributed by atoms with Crippen molar-refractivity contribution in [1.82, 2.24) is 10.6 Å². The van der Waals surface area contributed by atoms with Crippen LogP contribution in [0.1, 0.15) is 51.3 Å². The highest BCUT2D eigenvalue weighted by molar-refractivity contribution is 5.68. The molecule has 210 valence electrons. The van der Waals surface area contributed by atoms with Gasteiger partial charge in [-0.3, -0.25) is 0 Å². The van der Waals surface area contributed by atoms with Crippen LogP contribution in [0.4, 0.5) is 13.6 Å². The van der Waals surface area contributed by atoms with Crippen LogP contribution in [0.3, 0.4) is 0 Å². The Morgan fingerprint density at radius 2 is 1.59 bits per heavy atom. The Balaban J connectivity index is 1.76. The van der Waals surface area contributed by atoms with Gasteiger partial charge >= 0.3 is 6.09 Å². The van der Waals surface area contributed by atoms with Crippen LogP contribution in [0.5, 0.6) is 0 Å². The Kier molecular flexibility index (Phi) is 10.6. The number of rotatable bonds is 11. The summed E-state index contributed by atoms with van der Waals surface area (Å²) in [6.45, 7) is 10.2. The van der Waals surface area contributed by atoms with Gasteiger partial charge < -0.3 is 20.5 Å². The molecule has 5 nitrogen and oxygen atoms in total. The van der Waals surface area contributed by atoms with Crippen molar-refractivity contribution >= 4 is 6.09 Å². The van der Waals surface area contributed by atoms with Crippen molar-refractivity contribution in [3.05, 3.63) is 95.1 Å². The monoisotopic (exact) mass is 538 g/mol. The molecule has 0 heterocycles. The van der Waals surface area contributed by atoms with Gasteiger partial charge in [0.15, 0.2) is 0 Å². The predicted molar refractivity (Wildman–Crippen MR) is 151 cm³/mol. The third-order valence-electron chi connectivity index (χ3n) is 6.11. The van der Waals surface area contributed by atoms with Crippen LogP contribution in [-0.4, -0.2) is 35.5 Å². The van der Waals surface area contributed by atoms with Crippen molar-refractivity contribution in [1.29, 1.82) is 0 Å². The third kappa shape index (κ3) is 10.1. The maximum absolute atomic E-state index is 13.8. The molecule has 0 fully saturated rings. The van der Waals surface area contributed by atoms with Gasteiger partial charge in [-0.2, -0.15) is 0 Å². The summed E-state index contributed by atoms with van der Waals surface area (Å²) in [4.78, 5) is 12.5. The van der Waals surface area contributed by atoms with E-state index in [2.05, 4.69) is 54.8 Å². The molecule has 2 atom stereocenters. The average molecular weight is 539 g/mol. The van der Waals surface area contributed by atoms with E-state index in [-0.39, 0.29) is 13.0 Å². The molecule has 0 aliphatic heterocycles. The molecule has 1 unspecified atom stereocenters. The summed E-state index contributed by atoms with van der Waals surface area (Å²) in [7, 11) is 0. The molecule has 0 saturated heterocycles. The molecule has 3 N–H and O–H groups in total. The fourth-order valence-corrected chi connectivity index (χ4v) is 4.51. The summed E-state index contributed by atoms with van der Waals surface area (Å²) in [6, 6.07) is 18.9. The summed E-state index contributed by atoms with van der Waals surface area (Å²) < 4.78 is 33.0. The maximum Gasteiger partial charge on any atom is 0.407 e. The minimum atomic E-state index is -1.05. The lowest BCUT2D eigenvalue weighted by Gasteiger charge is -2.27. The highest BCUT2D eigenvalue weighted by Crippen LogP contribution is 2.26. The summed E-state index contributed by atoms with van der Waals surface area (Å²) in [5.74, 6) is -0.922. The van der Waals surface area contributed by atoms with Gasteiger partial charge in [0.1, 0.15) is 17.2 Å².